The van der Waals surface area contributed by atoms with Crippen LogP contribution >= 0.6 is 0 Å². The molecule has 0 aliphatic rings. The van der Waals surface area contributed by atoms with Crippen LogP contribution in [0.4, 0.5) is 0 Å². The third kappa shape index (κ3) is 1.75. The van der Waals surface area contributed by atoms with E-state index < -0.39 is 0 Å². The smallest absolute Gasteiger partial charge is 0.0781 e. The summed E-state index contributed by atoms with van der Waals surface area (Å²) in [6, 6.07) is 15.1. The van der Waals surface area contributed by atoms with Crippen LogP contribution in [0.1, 0.15) is 5.56 Å². The molecule has 0 N–H and O–H groups in total. The molecule has 0 spiro atoms. The summed E-state index contributed by atoms with van der Waals surface area (Å²) in [7, 11) is 0. The van der Waals surface area contributed by atoms with E-state index in [0.717, 1.165) is 11.3 Å². The molecule has 0 aliphatic heterocycles. The van der Waals surface area contributed by atoms with Gasteiger partial charge in [0.15, 0.2) is 0 Å². The molecule has 63 valence electrons. The van der Waals surface area contributed by atoms with Crippen molar-refractivity contribution in [2.45, 2.75) is 6.92 Å². The van der Waals surface area contributed by atoms with Crippen molar-refractivity contribution in [2.75, 3.05) is 0 Å². The Balaban J connectivity index is 2.42. The standard InChI is InChI=1S/C12H10N/c1-10-5-7-11(8-6-10)12-4-2-3-9-13-12/h2-3,5-9H,1H3. The third-order valence-electron chi connectivity index (χ3n) is 1.93. The van der Waals surface area contributed by atoms with Crippen molar-refractivity contribution < 1.29 is 0 Å². The maximum Gasteiger partial charge on any atom is 0.0781 e. The number of hydrogen-bond donors (Lipinski definition) is 0. The SMILES string of the molecule is Cc1ccc(-c2[c]cccn2)cc1. The Morgan fingerprint density at radius 1 is 1.15 bits per heavy atom. The van der Waals surface area contributed by atoms with Gasteiger partial charge < -0.3 is 0 Å². The van der Waals surface area contributed by atoms with Crippen LogP contribution in [0.2, 0.25) is 0 Å². The average Bonchev–Trinajstić information content (AvgIpc) is 2.20. The van der Waals surface area contributed by atoms with Crippen LogP contribution in [0.15, 0.2) is 42.6 Å². The molecule has 0 amide bonds. The van der Waals surface area contributed by atoms with Gasteiger partial charge in [-0.3, -0.25) is 4.98 Å². The van der Waals surface area contributed by atoms with E-state index >= 15 is 0 Å². The molecule has 1 heterocycles. The fourth-order valence-corrected chi connectivity index (χ4v) is 1.19. The first-order chi connectivity index (χ1) is 6.36. The number of hydrogen-bond acceptors (Lipinski definition) is 1. The van der Waals surface area contributed by atoms with Gasteiger partial charge >= 0.3 is 0 Å². The lowest BCUT2D eigenvalue weighted by Crippen LogP contribution is -1.81. The van der Waals surface area contributed by atoms with Gasteiger partial charge in [-0.15, -0.1) is 0 Å². The highest BCUT2D eigenvalue weighted by molar-refractivity contribution is 5.58. The predicted molar refractivity (Wildman–Crippen MR) is 53.2 cm³/mol. The third-order valence-corrected chi connectivity index (χ3v) is 1.93. The van der Waals surface area contributed by atoms with Crippen LogP contribution in [0.5, 0.6) is 0 Å². The van der Waals surface area contributed by atoms with Crippen molar-refractivity contribution in [3.05, 3.63) is 54.2 Å². The van der Waals surface area contributed by atoms with Crippen LogP contribution < -0.4 is 0 Å². The molecule has 2 rings (SSSR count). The molecule has 0 bridgehead atoms. The first-order valence-electron chi connectivity index (χ1n) is 4.26. The Hall–Kier alpha value is -1.63. The summed E-state index contributed by atoms with van der Waals surface area (Å²) in [6.45, 7) is 2.08. The Kier molecular flexibility index (Phi) is 2.09. The van der Waals surface area contributed by atoms with Gasteiger partial charge in [0, 0.05) is 17.8 Å². The van der Waals surface area contributed by atoms with Gasteiger partial charge in [-0.25, -0.2) is 0 Å². The number of nitrogens with zero attached hydrogens (tertiary/aromatic N) is 1. The number of pyridine rings is 1. The molecule has 0 saturated heterocycles. The molecule has 2 aromatic rings. The predicted octanol–water partition coefficient (Wildman–Crippen LogP) is 2.86. The zero-order valence-electron chi connectivity index (χ0n) is 7.49. The summed E-state index contributed by atoms with van der Waals surface area (Å²) in [6.07, 6.45) is 1.78. The first-order valence-corrected chi connectivity index (χ1v) is 4.26. The quantitative estimate of drug-likeness (QED) is 0.638. The van der Waals surface area contributed by atoms with Gasteiger partial charge in [0.25, 0.3) is 0 Å². The Morgan fingerprint density at radius 3 is 2.54 bits per heavy atom. The molecular weight excluding hydrogens is 158 g/mol. The molecule has 1 nitrogen and oxygen atoms in total. The zero-order valence-corrected chi connectivity index (χ0v) is 7.49. The van der Waals surface area contributed by atoms with Crippen LogP contribution in [-0.4, -0.2) is 4.98 Å². The van der Waals surface area contributed by atoms with Gasteiger partial charge in [0.2, 0.25) is 0 Å². The van der Waals surface area contributed by atoms with Gasteiger partial charge in [0.1, 0.15) is 0 Å². The molecule has 1 aromatic carbocycles. The van der Waals surface area contributed by atoms with E-state index in [2.05, 4.69) is 42.2 Å². The summed E-state index contributed by atoms with van der Waals surface area (Å²) >= 11 is 0. The number of rotatable bonds is 1. The van der Waals surface area contributed by atoms with Crippen molar-refractivity contribution in [3.8, 4) is 11.3 Å². The van der Waals surface area contributed by atoms with Gasteiger partial charge in [-0.1, -0.05) is 35.9 Å². The van der Waals surface area contributed by atoms with E-state index in [1.807, 2.05) is 12.1 Å². The molecule has 0 fully saturated rings. The molecule has 0 unspecified atom stereocenters. The minimum Gasteiger partial charge on any atom is -0.256 e. The van der Waals surface area contributed by atoms with E-state index in [1.165, 1.54) is 5.56 Å². The van der Waals surface area contributed by atoms with Crippen molar-refractivity contribution in [2.24, 2.45) is 0 Å². The molecule has 0 aliphatic carbocycles. The van der Waals surface area contributed by atoms with Crippen molar-refractivity contribution in [3.63, 3.8) is 0 Å². The molecule has 0 atom stereocenters. The second-order valence-corrected chi connectivity index (χ2v) is 3.00. The molecule has 1 heteroatoms. The van der Waals surface area contributed by atoms with Crippen LogP contribution in [0, 0.1) is 13.0 Å². The van der Waals surface area contributed by atoms with Gasteiger partial charge in [0.05, 0.1) is 5.69 Å². The number of aromatic nitrogens is 1. The van der Waals surface area contributed by atoms with Crippen molar-refractivity contribution in [1.82, 2.24) is 4.98 Å². The second kappa shape index (κ2) is 3.40. The highest BCUT2D eigenvalue weighted by Crippen LogP contribution is 2.15. The molecular formula is C12H10N. The maximum atomic E-state index is 4.22. The van der Waals surface area contributed by atoms with Crippen molar-refractivity contribution >= 4 is 0 Å². The average molecular weight is 168 g/mol. The van der Waals surface area contributed by atoms with E-state index in [-0.39, 0.29) is 0 Å². The number of benzene rings is 1. The van der Waals surface area contributed by atoms with Crippen LogP contribution in [-0.2, 0) is 0 Å². The minimum atomic E-state index is 0.905. The summed E-state index contributed by atoms with van der Waals surface area (Å²) in [5, 5.41) is 0. The van der Waals surface area contributed by atoms with E-state index in [1.54, 1.807) is 6.20 Å². The van der Waals surface area contributed by atoms with E-state index in [9.17, 15) is 0 Å². The van der Waals surface area contributed by atoms with E-state index in [4.69, 9.17) is 0 Å². The van der Waals surface area contributed by atoms with Crippen LogP contribution in [0.25, 0.3) is 11.3 Å². The maximum absolute atomic E-state index is 4.22. The largest absolute Gasteiger partial charge is 0.256 e. The summed E-state index contributed by atoms with van der Waals surface area (Å²) in [5.41, 5.74) is 3.29. The number of aryl methyl sites for hydroxylation is 1. The van der Waals surface area contributed by atoms with Crippen molar-refractivity contribution in [1.29, 1.82) is 0 Å². The minimum absolute atomic E-state index is 0.905. The zero-order chi connectivity index (χ0) is 9.10. The Morgan fingerprint density at radius 2 is 1.92 bits per heavy atom. The van der Waals surface area contributed by atoms with Gasteiger partial charge in [-0.05, 0) is 13.0 Å². The first kappa shape index (κ1) is 7.99. The lowest BCUT2D eigenvalue weighted by atomic mass is 10.1. The highest BCUT2D eigenvalue weighted by atomic mass is 14.7. The topological polar surface area (TPSA) is 12.9 Å². The Bertz CT molecular complexity index is 376. The molecule has 13 heavy (non-hydrogen) atoms. The van der Waals surface area contributed by atoms with Gasteiger partial charge in [-0.2, -0.15) is 0 Å². The lowest BCUT2D eigenvalue weighted by molar-refractivity contribution is 1.32. The summed E-state index contributed by atoms with van der Waals surface area (Å²) in [5.74, 6) is 0. The lowest BCUT2D eigenvalue weighted by Gasteiger charge is -1.99. The molecule has 1 radical (unpaired) electrons. The summed E-state index contributed by atoms with van der Waals surface area (Å²) < 4.78 is 0. The fourth-order valence-electron chi connectivity index (χ4n) is 1.19. The second-order valence-electron chi connectivity index (χ2n) is 3.00. The van der Waals surface area contributed by atoms with Crippen LogP contribution in [0.3, 0.4) is 0 Å². The Labute approximate surface area is 78.1 Å². The van der Waals surface area contributed by atoms with E-state index in [0.29, 0.717) is 0 Å². The fraction of sp³-hybridized carbons (Fsp3) is 0.0833. The molecule has 0 saturated carbocycles. The highest BCUT2D eigenvalue weighted by Gasteiger charge is 1.95. The molecule has 1 aromatic heterocycles. The summed E-state index contributed by atoms with van der Waals surface area (Å²) in [4.78, 5) is 4.22. The normalized spacial score (nSPS) is 9.92. The monoisotopic (exact) mass is 168 g/mol.